The zero-order valence-corrected chi connectivity index (χ0v) is 12.4. The Morgan fingerprint density at radius 1 is 1.14 bits per heavy atom. The average molecular weight is 293 g/mol. The van der Waals surface area contributed by atoms with Crippen LogP contribution in [0.3, 0.4) is 0 Å². The first kappa shape index (κ1) is 14.5. The molecule has 0 fully saturated rings. The van der Waals surface area contributed by atoms with Crippen molar-refractivity contribution in [3.63, 3.8) is 0 Å². The van der Waals surface area contributed by atoms with Crippen molar-refractivity contribution in [3.05, 3.63) is 72.1 Å². The van der Waals surface area contributed by atoms with Crippen LogP contribution in [-0.2, 0) is 16.1 Å². The molecule has 3 heteroatoms. The van der Waals surface area contributed by atoms with Crippen LogP contribution in [-0.4, -0.2) is 11.0 Å². The Morgan fingerprint density at radius 2 is 1.91 bits per heavy atom. The lowest BCUT2D eigenvalue weighted by atomic mass is 9.86. The van der Waals surface area contributed by atoms with Crippen LogP contribution in [0.5, 0.6) is 0 Å². The SMILES string of the molecule is O=C(OCc1ccccc1)C1CCC=C(c2ccncc2)C1. The standard InChI is InChI=1S/C19H19NO2/c21-19(22-14-15-5-2-1-3-6-15)18-8-4-7-17(13-18)16-9-11-20-12-10-16/h1-3,5-7,9-12,18H,4,8,13-14H2. The Hall–Kier alpha value is -2.42. The molecule has 1 unspecified atom stereocenters. The molecular weight excluding hydrogens is 274 g/mol. The number of carbonyl (C=O) groups is 1. The average Bonchev–Trinajstić information content (AvgIpc) is 2.61. The van der Waals surface area contributed by atoms with Crippen LogP contribution in [0.25, 0.3) is 5.57 Å². The summed E-state index contributed by atoms with van der Waals surface area (Å²) in [5, 5.41) is 0. The van der Waals surface area contributed by atoms with Gasteiger partial charge < -0.3 is 4.74 Å². The maximum atomic E-state index is 12.3. The first-order valence-corrected chi connectivity index (χ1v) is 7.63. The third kappa shape index (κ3) is 3.61. The van der Waals surface area contributed by atoms with Gasteiger partial charge in [0, 0.05) is 12.4 Å². The number of carbonyl (C=O) groups excluding carboxylic acids is 1. The van der Waals surface area contributed by atoms with Crippen molar-refractivity contribution in [3.8, 4) is 0 Å². The van der Waals surface area contributed by atoms with Crippen LogP contribution in [0.15, 0.2) is 60.9 Å². The number of rotatable bonds is 4. The summed E-state index contributed by atoms with van der Waals surface area (Å²) in [7, 11) is 0. The molecule has 0 N–H and O–H groups in total. The summed E-state index contributed by atoms with van der Waals surface area (Å²) >= 11 is 0. The van der Waals surface area contributed by atoms with Gasteiger partial charge in [-0.25, -0.2) is 0 Å². The van der Waals surface area contributed by atoms with Crippen molar-refractivity contribution in [2.45, 2.75) is 25.9 Å². The van der Waals surface area contributed by atoms with Gasteiger partial charge in [-0.1, -0.05) is 36.4 Å². The lowest BCUT2D eigenvalue weighted by molar-refractivity contribution is -0.150. The maximum Gasteiger partial charge on any atom is 0.309 e. The number of esters is 1. The smallest absolute Gasteiger partial charge is 0.309 e. The van der Waals surface area contributed by atoms with Gasteiger partial charge >= 0.3 is 5.97 Å². The van der Waals surface area contributed by atoms with Crippen molar-refractivity contribution in [2.75, 3.05) is 0 Å². The van der Waals surface area contributed by atoms with Gasteiger partial charge in [-0.15, -0.1) is 0 Å². The highest BCUT2D eigenvalue weighted by Crippen LogP contribution is 2.31. The van der Waals surface area contributed by atoms with E-state index in [1.165, 1.54) is 5.57 Å². The summed E-state index contributed by atoms with van der Waals surface area (Å²) in [4.78, 5) is 16.3. The summed E-state index contributed by atoms with van der Waals surface area (Å²) < 4.78 is 5.47. The van der Waals surface area contributed by atoms with Crippen LogP contribution in [0, 0.1) is 5.92 Å². The largest absolute Gasteiger partial charge is 0.461 e. The molecule has 0 spiro atoms. The van der Waals surface area contributed by atoms with Gasteiger partial charge in [-0.3, -0.25) is 9.78 Å². The highest BCUT2D eigenvalue weighted by molar-refractivity contribution is 5.77. The molecule has 1 aromatic carbocycles. The number of hydrogen-bond donors (Lipinski definition) is 0. The zero-order valence-electron chi connectivity index (χ0n) is 12.4. The van der Waals surface area contributed by atoms with Crippen molar-refractivity contribution < 1.29 is 9.53 Å². The maximum absolute atomic E-state index is 12.3. The quantitative estimate of drug-likeness (QED) is 0.800. The van der Waals surface area contributed by atoms with E-state index in [1.54, 1.807) is 12.4 Å². The summed E-state index contributed by atoms with van der Waals surface area (Å²) in [6.45, 7) is 0.352. The minimum atomic E-state index is -0.0940. The molecule has 2 aromatic rings. The second-order valence-electron chi connectivity index (χ2n) is 5.54. The van der Waals surface area contributed by atoms with Crippen molar-refractivity contribution in [1.82, 2.24) is 4.98 Å². The third-order valence-corrected chi connectivity index (χ3v) is 3.98. The molecule has 3 nitrogen and oxygen atoms in total. The fourth-order valence-electron chi connectivity index (χ4n) is 2.76. The van der Waals surface area contributed by atoms with E-state index in [4.69, 9.17) is 4.74 Å². The molecule has 0 saturated heterocycles. The Morgan fingerprint density at radius 3 is 2.68 bits per heavy atom. The molecule has 22 heavy (non-hydrogen) atoms. The molecule has 3 rings (SSSR count). The summed E-state index contributed by atoms with van der Waals surface area (Å²) in [6.07, 6.45) is 8.32. The van der Waals surface area contributed by atoms with E-state index in [2.05, 4.69) is 11.1 Å². The van der Waals surface area contributed by atoms with E-state index < -0.39 is 0 Å². The van der Waals surface area contributed by atoms with E-state index in [0.29, 0.717) is 6.61 Å². The highest BCUT2D eigenvalue weighted by atomic mass is 16.5. The first-order chi connectivity index (χ1) is 10.8. The first-order valence-electron chi connectivity index (χ1n) is 7.63. The number of allylic oxidation sites excluding steroid dienone is 2. The van der Waals surface area contributed by atoms with Crippen LogP contribution in [0.2, 0.25) is 0 Å². The topological polar surface area (TPSA) is 39.2 Å². The van der Waals surface area contributed by atoms with Gasteiger partial charge in [0.2, 0.25) is 0 Å². The zero-order chi connectivity index (χ0) is 15.2. The lowest BCUT2D eigenvalue weighted by Crippen LogP contribution is -2.20. The molecule has 1 heterocycles. The number of benzene rings is 1. The van der Waals surface area contributed by atoms with Gasteiger partial charge in [0.1, 0.15) is 6.61 Å². The molecule has 1 aromatic heterocycles. The fourth-order valence-corrected chi connectivity index (χ4v) is 2.76. The molecule has 1 atom stereocenters. The monoisotopic (exact) mass is 293 g/mol. The molecule has 0 radical (unpaired) electrons. The second kappa shape index (κ2) is 7.03. The van der Waals surface area contributed by atoms with E-state index in [0.717, 1.165) is 30.4 Å². The fraction of sp³-hybridized carbons (Fsp3) is 0.263. The third-order valence-electron chi connectivity index (χ3n) is 3.98. The van der Waals surface area contributed by atoms with Gasteiger partial charge in [0.15, 0.2) is 0 Å². The van der Waals surface area contributed by atoms with Gasteiger partial charge in [0.05, 0.1) is 5.92 Å². The molecule has 0 saturated carbocycles. The summed E-state index contributed by atoms with van der Waals surface area (Å²) in [5.41, 5.74) is 3.39. The van der Waals surface area contributed by atoms with Crippen LogP contribution < -0.4 is 0 Å². The molecule has 0 aliphatic heterocycles. The van der Waals surface area contributed by atoms with Crippen molar-refractivity contribution >= 4 is 11.5 Å². The number of nitrogens with zero attached hydrogens (tertiary/aromatic N) is 1. The van der Waals surface area contributed by atoms with E-state index in [1.807, 2.05) is 42.5 Å². The molecule has 0 bridgehead atoms. The predicted octanol–water partition coefficient (Wildman–Crippen LogP) is 4.01. The Balaban J connectivity index is 1.59. The number of aromatic nitrogens is 1. The molecular formula is C19H19NO2. The van der Waals surface area contributed by atoms with Gasteiger partial charge in [-0.05, 0) is 48.1 Å². The number of hydrogen-bond acceptors (Lipinski definition) is 3. The number of ether oxygens (including phenoxy) is 1. The Bertz CT molecular complexity index is 650. The second-order valence-corrected chi connectivity index (χ2v) is 5.54. The van der Waals surface area contributed by atoms with Crippen molar-refractivity contribution in [1.29, 1.82) is 0 Å². The minimum absolute atomic E-state index is 0.0446. The molecule has 1 aliphatic carbocycles. The normalized spacial score (nSPS) is 17.6. The summed E-state index contributed by atoms with van der Waals surface area (Å²) in [6, 6.07) is 13.8. The minimum Gasteiger partial charge on any atom is -0.461 e. The number of pyridine rings is 1. The molecule has 1 aliphatic rings. The molecule has 112 valence electrons. The Labute approximate surface area is 130 Å². The Kier molecular flexibility index (Phi) is 4.64. The van der Waals surface area contributed by atoms with E-state index >= 15 is 0 Å². The summed E-state index contributed by atoms with van der Waals surface area (Å²) in [5.74, 6) is -0.139. The van der Waals surface area contributed by atoms with Crippen molar-refractivity contribution in [2.24, 2.45) is 5.92 Å². The van der Waals surface area contributed by atoms with Gasteiger partial charge in [-0.2, -0.15) is 0 Å². The van der Waals surface area contributed by atoms with Crippen LogP contribution in [0.4, 0.5) is 0 Å². The lowest BCUT2D eigenvalue weighted by Gasteiger charge is -2.21. The van der Waals surface area contributed by atoms with E-state index in [9.17, 15) is 4.79 Å². The van der Waals surface area contributed by atoms with Crippen LogP contribution in [0.1, 0.15) is 30.4 Å². The van der Waals surface area contributed by atoms with E-state index in [-0.39, 0.29) is 11.9 Å². The van der Waals surface area contributed by atoms with Crippen LogP contribution >= 0.6 is 0 Å². The van der Waals surface area contributed by atoms with Gasteiger partial charge in [0.25, 0.3) is 0 Å². The highest BCUT2D eigenvalue weighted by Gasteiger charge is 2.24. The predicted molar refractivity (Wildman–Crippen MR) is 85.8 cm³/mol. The molecule has 0 amide bonds.